The summed E-state index contributed by atoms with van der Waals surface area (Å²) in [6, 6.07) is 20.2. The summed E-state index contributed by atoms with van der Waals surface area (Å²) in [6.07, 6.45) is 23.3. The van der Waals surface area contributed by atoms with Crippen molar-refractivity contribution in [3.63, 3.8) is 0 Å². The number of aromatic carboxylic acids is 1. The zero-order valence-electron chi connectivity index (χ0n) is 65.4. The Balaban J connectivity index is 0.000000145. The third-order valence-electron chi connectivity index (χ3n) is 21.7. The van der Waals surface area contributed by atoms with Crippen LogP contribution < -0.4 is 37.9 Å². The second-order valence-electron chi connectivity index (χ2n) is 28.8. The highest BCUT2D eigenvalue weighted by atomic mass is 16.5. The van der Waals surface area contributed by atoms with Crippen molar-refractivity contribution < 1.29 is 86.3 Å². The van der Waals surface area contributed by atoms with E-state index in [1.54, 1.807) is 55.6 Å². The zero-order valence-corrected chi connectivity index (χ0v) is 65.4. The van der Waals surface area contributed by atoms with Crippen LogP contribution in [0.3, 0.4) is 0 Å². The SMILES string of the molecule is CCOC(=O)C(=O)N1CCc2cc(OC)c(OC)cc2C1C(=O)O.CCOC(=O)c1cc(C2=CCCCC2)c2n1CCc1cc(OC)c(OC)cc1-2.COc1cc2c(cc1OC)-c1c(C3=CCCCC3)cc(C(=O)N(C)C(C)(C)C)n1CC2.COc1cc2c(cc1OC)-c1c(C3=CCCCC3)cc(C(=O)O)n1CC2. The van der Waals surface area contributed by atoms with Gasteiger partial charge in [0.05, 0.1) is 87.2 Å². The van der Waals surface area contributed by atoms with Crippen LogP contribution in [0.1, 0.15) is 194 Å². The summed E-state index contributed by atoms with van der Waals surface area (Å²) < 4.78 is 59.9. The first-order chi connectivity index (χ1) is 52.5. The van der Waals surface area contributed by atoms with Crippen molar-refractivity contribution in [2.45, 2.75) is 169 Å². The van der Waals surface area contributed by atoms with Crippen LogP contribution in [0.4, 0.5) is 0 Å². The number of nitrogens with zero attached hydrogens (tertiary/aromatic N) is 5. The molecular formula is C86H103N5O18. The smallest absolute Gasteiger partial charge is 0.397 e. The molecule has 23 nitrogen and oxygen atoms in total. The van der Waals surface area contributed by atoms with Crippen molar-refractivity contribution in [1.82, 2.24) is 23.5 Å². The van der Waals surface area contributed by atoms with Crippen LogP contribution in [-0.4, -0.2) is 159 Å². The lowest BCUT2D eigenvalue weighted by molar-refractivity contribution is -0.164. The number of esters is 2. The summed E-state index contributed by atoms with van der Waals surface area (Å²) >= 11 is 0. The Morgan fingerprint density at radius 2 is 0.771 bits per heavy atom. The van der Waals surface area contributed by atoms with Crippen molar-refractivity contribution in [3.8, 4) is 79.8 Å². The molecule has 14 rings (SSSR count). The Hall–Kier alpha value is -10.8. The van der Waals surface area contributed by atoms with Crippen molar-refractivity contribution >= 4 is 52.4 Å². The Labute approximate surface area is 637 Å². The number of hydrogen-bond donors (Lipinski definition) is 2. The molecule has 23 heteroatoms. The number of ether oxygens (including phenoxy) is 10. The third kappa shape index (κ3) is 16.2. The van der Waals surface area contributed by atoms with E-state index >= 15 is 0 Å². The van der Waals surface area contributed by atoms with E-state index in [1.165, 1.54) is 91.4 Å². The Morgan fingerprint density at radius 1 is 0.422 bits per heavy atom. The van der Waals surface area contributed by atoms with Gasteiger partial charge in [0.25, 0.3) is 5.91 Å². The second-order valence-corrected chi connectivity index (χ2v) is 28.8. The predicted molar refractivity (Wildman–Crippen MR) is 416 cm³/mol. The standard InChI is InChI=1S/C26H34N2O3.C23H27NO4.C21H23NO4.C16H19NO7/c1-26(2,3)27(4)25(29)21-15-19(17-10-8-7-9-11-17)24-20-16-23(31-6)22(30-5)14-18(20)12-13-28(21)24;1-4-28-23(25)19-13-17(15-8-6-5-7-9-15)22-18-14-21(27-3)20(26-2)12-16(18)10-11-24(19)22;1-25-18-10-14-8-9-22-17(21(23)24)11-15(13-6-4-3-5-7-13)20(22)16(14)12-19(18)26-2;1-4-24-16(21)14(18)17-6-5-9-7-11(22-2)12(23-3)8-10(9)13(17)15(19)20/h10,14-16H,7-9,11-13H2,1-6H3;8,12-14H,4-7,9-11H2,1-3H3;6,10-12H,3-5,7-9H2,1-2H3,(H,23,24);7-8,13H,4-6H2,1-3H3,(H,19,20). The minimum atomic E-state index is -1.29. The molecule has 1 unspecified atom stereocenters. The number of carboxylic acid groups (broad SMARTS) is 2. The number of benzene rings is 4. The Bertz CT molecular complexity index is 4730. The molecule has 3 aromatic heterocycles. The van der Waals surface area contributed by atoms with Crippen LogP contribution in [0.25, 0.3) is 50.5 Å². The van der Waals surface area contributed by atoms with Gasteiger partial charge in [-0.2, -0.15) is 0 Å². The molecule has 109 heavy (non-hydrogen) atoms. The van der Waals surface area contributed by atoms with Gasteiger partial charge < -0.3 is 81.1 Å². The van der Waals surface area contributed by atoms with Crippen molar-refractivity contribution in [1.29, 1.82) is 0 Å². The molecule has 0 saturated carbocycles. The molecule has 2 N–H and O–H groups in total. The fourth-order valence-electron chi connectivity index (χ4n) is 15.9. The largest absolute Gasteiger partial charge is 0.493 e. The van der Waals surface area contributed by atoms with Crippen molar-refractivity contribution in [2.24, 2.45) is 0 Å². The summed E-state index contributed by atoms with van der Waals surface area (Å²) in [7, 11) is 14.7. The molecule has 7 heterocycles. The lowest BCUT2D eigenvalue weighted by Crippen LogP contribution is -2.46. The molecule has 0 spiro atoms. The first kappa shape index (κ1) is 79.2. The van der Waals surface area contributed by atoms with Gasteiger partial charge in [-0.15, -0.1) is 0 Å². The number of allylic oxidation sites excluding steroid dienone is 6. The minimum absolute atomic E-state index is 0.0394. The van der Waals surface area contributed by atoms with Gasteiger partial charge in [-0.3, -0.25) is 9.59 Å². The molecule has 4 aromatic carbocycles. The van der Waals surface area contributed by atoms with Gasteiger partial charge in [0.2, 0.25) is 0 Å². The number of amides is 2. The molecule has 0 saturated heterocycles. The van der Waals surface area contributed by atoms with Crippen LogP contribution in [0.5, 0.6) is 46.0 Å². The number of hydrogen-bond acceptors (Lipinski definition) is 16. The highest BCUT2D eigenvalue weighted by Crippen LogP contribution is 2.49. The number of carbonyl (C=O) groups is 6. The van der Waals surface area contributed by atoms with E-state index in [9.17, 15) is 39.0 Å². The minimum Gasteiger partial charge on any atom is -0.493 e. The number of aliphatic carboxylic acids is 1. The van der Waals surface area contributed by atoms with Crippen molar-refractivity contribution in [2.75, 3.05) is 83.7 Å². The van der Waals surface area contributed by atoms with Gasteiger partial charge in [0.1, 0.15) is 17.1 Å². The maximum absolute atomic E-state index is 13.5. The van der Waals surface area contributed by atoms with E-state index in [1.807, 2.05) is 53.8 Å². The van der Waals surface area contributed by atoms with Gasteiger partial charge >= 0.3 is 29.8 Å². The molecule has 1 atom stereocenters. The normalized spacial score (nSPS) is 15.7. The molecule has 2 amide bonds. The van der Waals surface area contributed by atoms with Crippen LogP contribution in [-0.2, 0) is 69.2 Å². The van der Waals surface area contributed by atoms with E-state index in [2.05, 4.69) is 77.1 Å². The fraction of sp³-hybridized carbons (Fsp3) is 0.442. The predicted octanol–water partition coefficient (Wildman–Crippen LogP) is 15.6. The number of carbonyl (C=O) groups excluding carboxylic acids is 4. The molecular weight excluding hydrogens is 1390 g/mol. The van der Waals surface area contributed by atoms with E-state index in [0.29, 0.717) is 65.3 Å². The van der Waals surface area contributed by atoms with Crippen LogP contribution in [0.15, 0.2) is 85.0 Å². The number of aryl methyl sites for hydroxylation is 3. The zero-order chi connectivity index (χ0) is 78.1. The number of fused-ring (bicyclic) bond motifs is 10. The lowest BCUT2D eigenvalue weighted by atomic mass is 9.89. The number of methoxy groups -OCH3 is 8. The topological polar surface area (TPSA) is 256 Å². The number of aromatic nitrogens is 3. The highest BCUT2D eigenvalue weighted by molar-refractivity contribution is 6.32. The maximum Gasteiger partial charge on any atom is 0.397 e. The second kappa shape index (κ2) is 34.6. The van der Waals surface area contributed by atoms with Crippen LogP contribution >= 0.6 is 0 Å². The molecule has 0 fully saturated rings. The third-order valence-corrected chi connectivity index (χ3v) is 21.7. The molecule has 4 aliphatic heterocycles. The average molecular weight is 1490 g/mol. The van der Waals surface area contributed by atoms with Gasteiger partial charge in [0, 0.05) is 72.1 Å². The summed E-state index contributed by atoms with van der Waals surface area (Å²) in [5.74, 6) is 0.805. The number of carboxylic acids is 2. The first-order valence-corrected chi connectivity index (χ1v) is 37.7. The highest BCUT2D eigenvalue weighted by Gasteiger charge is 2.41. The fourth-order valence-corrected chi connectivity index (χ4v) is 15.9. The summed E-state index contributed by atoms with van der Waals surface area (Å²) in [6.45, 7) is 12.3. The molecule has 580 valence electrons. The quantitative estimate of drug-likeness (QED) is 0.0634. The molecule has 0 bridgehead atoms. The maximum atomic E-state index is 13.5. The lowest BCUT2D eigenvalue weighted by Gasteiger charge is -2.34. The van der Waals surface area contributed by atoms with E-state index < -0.39 is 29.9 Å². The van der Waals surface area contributed by atoms with Gasteiger partial charge in [-0.05, 0) is 249 Å². The van der Waals surface area contributed by atoms with E-state index in [-0.39, 0.29) is 30.6 Å². The average Bonchev–Trinajstić information content (AvgIpc) is 1.63. The van der Waals surface area contributed by atoms with E-state index in [4.69, 9.17) is 42.6 Å². The Kier molecular flexibility index (Phi) is 25.1. The number of rotatable bonds is 17. The van der Waals surface area contributed by atoms with Gasteiger partial charge in [0.15, 0.2) is 52.0 Å². The monoisotopic (exact) mass is 1490 g/mol. The molecule has 3 aliphatic carbocycles. The molecule has 7 aromatic rings. The van der Waals surface area contributed by atoms with Crippen LogP contribution in [0, 0.1) is 0 Å². The van der Waals surface area contributed by atoms with Gasteiger partial charge in [-0.25, -0.2) is 19.2 Å². The Morgan fingerprint density at radius 3 is 1.13 bits per heavy atom. The molecule has 7 aliphatic rings. The summed E-state index contributed by atoms with van der Waals surface area (Å²) in [5.41, 5.74) is 20.2. The van der Waals surface area contributed by atoms with Crippen molar-refractivity contribution in [3.05, 3.63) is 147 Å². The summed E-state index contributed by atoms with van der Waals surface area (Å²) in [5, 5.41) is 19.3. The van der Waals surface area contributed by atoms with Gasteiger partial charge in [-0.1, -0.05) is 18.2 Å². The molecule has 0 radical (unpaired) electrons. The first-order valence-electron chi connectivity index (χ1n) is 37.7. The summed E-state index contributed by atoms with van der Waals surface area (Å²) in [4.78, 5) is 76.5. The van der Waals surface area contributed by atoms with Crippen LogP contribution in [0.2, 0.25) is 0 Å². The van der Waals surface area contributed by atoms with E-state index in [0.717, 1.165) is 156 Å².